The Morgan fingerprint density at radius 1 is 1.18 bits per heavy atom. The molecule has 0 amide bonds. The van der Waals surface area contributed by atoms with Crippen LogP contribution >= 0.6 is 0 Å². The number of rotatable bonds is 0. The van der Waals surface area contributed by atoms with Crippen LogP contribution in [0.5, 0.6) is 0 Å². The molecular formula is C7H18AlLiN2. The zero-order valence-corrected chi connectivity index (χ0v) is 6.77. The van der Waals surface area contributed by atoms with Crippen LogP contribution in [0.25, 0.3) is 0 Å². The molecule has 1 N–H and O–H groups in total. The van der Waals surface area contributed by atoms with Crippen LogP contribution in [-0.4, -0.2) is 54.5 Å². The van der Waals surface area contributed by atoms with Gasteiger partial charge in [-0.1, -0.05) is 0 Å². The van der Waals surface area contributed by atoms with E-state index in [4.69, 9.17) is 0 Å². The Labute approximate surface area is 92.9 Å². The molecule has 60 valence electrons. The van der Waals surface area contributed by atoms with Gasteiger partial charge in [0.05, 0.1) is 0 Å². The first-order valence-corrected chi connectivity index (χ1v) is 3.91. The molecule has 11 heavy (non-hydrogen) atoms. The number of nitrogens with zero attached hydrogens (tertiary/aromatic N) is 1. The average molecular weight is 164 g/mol. The van der Waals surface area contributed by atoms with Crippen LogP contribution in [-0.2, 0) is 0 Å². The summed E-state index contributed by atoms with van der Waals surface area (Å²) in [5, 5.41) is 3.53. The van der Waals surface area contributed by atoms with E-state index in [0.29, 0.717) is 0 Å². The summed E-state index contributed by atoms with van der Waals surface area (Å²) in [5.41, 5.74) is 0. The van der Waals surface area contributed by atoms with E-state index in [9.17, 15) is 0 Å². The Bertz CT molecular complexity index is 92.1. The van der Waals surface area contributed by atoms with E-state index in [1.807, 2.05) is 0 Å². The van der Waals surface area contributed by atoms with Gasteiger partial charge in [0.2, 0.25) is 0 Å². The fourth-order valence-corrected chi connectivity index (χ4v) is 1.79. The third kappa shape index (κ3) is 3.11. The molecule has 0 aromatic rings. The second-order valence-electron chi connectivity index (χ2n) is 3.07. The fraction of sp³-hybridized carbons (Fsp3) is 1.00. The minimum atomic E-state index is 0. The van der Waals surface area contributed by atoms with Gasteiger partial charge in [0.25, 0.3) is 0 Å². The number of hydrogen-bond acceptors (Lipinski definition) is 2. The van der Waals surface area contributed by atoms with Crippen molar-refractivity contribution >= 4 is 17.4 Å². The maximum Gasteiger partial charge on any atom is 1.00 e. The van der Waals surface area contributed by atoms with E-state index in [2.05, 4.69) is 10.2 Å². The van der Waals surface area contributed by atoms with Crippen molar-refractivity contribution < 1.29 is 20.3 Å². The second-order valence-corrected chi connectivity index (χ2v) is 3.07. The number of hydrogen-bond donors (Lipinski definition) is 1. The zero-order valence-electron chi connectivity index (χ0n) is 7.77. The Hall–Kier alpha value is 1.05. The van der Waals surface area contributed by atoms with Gasteiger partial charge in [-0.05, 0) is 25.9 Å². The number of piperidine rings is 1. The molecule has 2 bridgehead atoms. The van der Waals surface area contributed by atoms with E-state index in [1.54, 1.807) is 0 Å². The molecule has 0 spiro atoms. The average Bonchev–Trinajstić information content (AvgIpc) is 2.21. The molecule has 4 heteroatoms. The van der Waals surface area contributed by atoms with E-state index in [0.717, 1.165) is 6.04 Å². The van der Waals surface area contributed by atoms with Crippen molar-refractivity contribution in [1.82, 2.24) is 10.2 Å². The largest absolute Gasteiger partial charge is 1.00 e. The molecule has 3 fully saturated rings. The molecule has 3 saturated heterocycles. The van der Waals surface area contributed by atoms with Crippen LogP contribution in [0.4, 0.5) is 0 Å². The van der Waals surface area contributed by atoms with Crippen molar-refractivity contribution in [1.29, 1.82) is 0 Å². The van der Waals surface area contributed by atoms with Gasteiger partial charge in [-0.3, -0.25) is 0 Å². The van der Waals surface area contributed by atoms with Crippen molar-refractivity contribution in [3.05, 3.63) is 0 Å². The Kier molecular flexibility index (Phi) is 6.19. The van der Waals surface area contributed by atoms with Gasteiger partial charge >= 0.3 is 18.9 Å². The normalized spacial score (nSPS) is 34.9. The molecule has 3 heterocycles. The van der Waals surface area contributed by atoms with Gasteiger partial charge in [-0.15, -0.1) is 0 Å². The smallest absolute Gasteiger partial charge is 1.00 e. The molecule has 2 nitrogen and oxygen atoms in total. The van der Waals surface area contributed by atoms with Crippen molar-refractivity contribution in [3.8, 4) is 0 Å². The predicted molar refractivity (Wildman–Crippen MR) is 48.5 cm³/mol. The molecule has 3 rings (SSSR count). The molecule has 0 aromatic carbocycles. The van der Waals surface area contributed by atoms with Crippen LogP contribution in [0.2, 0.25) is 0 Å². The number of nitrogens with one attached hydrogen (secondary N) is 1. The standard InChI is InChI=1S/C7H14N2.Al.Li.4H/c1-4-9-5-2-7(1)8-3-6-9;;;;;;/h7-8H,1-6H2;;;;;;/q;;+1;;;;-1. The van der Waals surface area contributed by atoms with E-state index in [1.165, 1.54) is 39.0 Å². The van der Waals surface area contributed by atoms with E-state index >= 15 is 0 Å². The summed E-state index contributed by atoms with van der Waals surface area (Å²) in [6.45, 7) is 5.15. The van der Waals surface area contributed by atoms with E-state index < -0.39 is 0 Å². The summed E-state index contributed by atoms with van der Waals surface area (Å²) in [6, 6.07) is 0.851. The molecule has 0 atom stereocenters. The molecule has 0 aliphatic carbocycles. The Balaban J connectivity index is 0. The SMILES string of the molecule is C1CN2CCC(CC2)N1.[AlH3].[H-].[Li+]. The van der Waals surface area contributed by atoms with Crippen LogP contribution < -0.4 is 24.2 Å². The third-order valence-electron chi connectivity index (χ3n) is 2.45. The topological polar surface area (TPSA) is 15.3 Å². The van der Waals surface area contributed by atoms with Gasteiger partial charge in [0.15, 0.2) is 17.4 Å². The first-order chi connectivity index (χ1) is 4.45. The Morgan fingerprint density at radius 3 is 2.45 bits per heavy atom. The summed E-state index contributed by atoms with van der Waals surface area (Å²) in [7, 11) is 0. The maximum absolute atomic E-state index is 3.53. The minimum absolute atomic E-state index is 0. The monoisotopic (exact) mass is 164 g/mol. The second kappa shape index (κ2) is 5.65. The van der Waals surface area contributed by atoms with Crippen LogP contribution in [0.15, 0.2) is 0 Å². The van der Waals surface area contributed by atoms with Crippen LogP contribution in [0, 0.1) is 0 Å². The van der Waals surface area contributed by atoms with Crippen molar-refractivity contribution in [2.45, 2.75) is 18.9 Å². The molecule has 0 saturated carbocycles. The number of fused-ring (bicyclic) bond motifs is 4. The van der Waals surface area contributed by atoms with Gasteiger partial charge in [-0.2, -0.15) is 0 Å². The van der Waals surface area contributed by atoms with Gasteiger partial charge in [0.1, 0.15) is 0 Å². The predicted octanol–water partition coefficient (Wildman–Crippen LogP) is -4.01. The quantitative estimate of drug-likeness (QED) is 0.367. The molecule has 3 aliphatic heterocycles. The van der Waals surface area contributed by atoms with Gasteiger partial charge in [-0.25, -0.2) is 0 Å². The van der Waals surface area contributed by atoms with Crippen molar-refractivity contribution in [2.24, 2.45) is 0 Å². The van der Waals surface area contributed by atoms with Gasteiger partial charge < -0.3 is 11.6 Å². The van der Waals surface area contributed by atoms with E-state index in [-0.39, 0.29) is 37.6 Å². The summed E-state index contributed by atoms with van der Waals surface area (Å²) >= 11 is 0. The molecule has 0 aromatic heterocycles. The third-order valence-corrected chi connectivity index (χ3v) is 2.45. The molecule has 3 aliphatic rings. The maximum atomic E-state index is 3.53. The summed E-state index contributed by atoms with van der Waals surface area (Å²) < 4.78 is 0. The summed E-state index contributed by atoms with van der Waals surface area (Å²) in [6.07, 6.45) is 2.75. The fourth-order valence-electron chi connectivity index (χ4n) is 1.79. The van der Waals surface area contributed by atoms with Crippen molar-refractivity contribution in [3.63, 3.8) is 0 Å². The van der Waals surface area contributed by atoms with Crippen LogP contribution in [0.1, 0.15) is 14.3 Å². The minimum Gasteiger partial charge on any atom is -1.00 e. The summed E-state index contributed by atoms with van der Waals surface area (Å²) in [4.78, 5) is 2.55. The van der Waals surface area contributed by atoms with Crippen LogP contribution in [0.3, 0.4) is 0 Å². The van der Waals surface area contributed by atoms with Gasteiger partial charge in [0, 0.05) is 19.1 Å². The summed E-state index contributed by atoms with van der Waals surface area (Å²) in [5.74, 6) is 0. The molecule has 0 unspecified atom stereocenters. The molecular weight excluding hydrogens is 146 g/mol. The zero-order chi connectivity index (χ0) is 6.10. The van der Waals surface area contributed by atoms with Crippen molar-refractivity contribution in [2.75, 3.05) is 26.2 Å². The molecule has 0 radical (unpaired) electrons. The Morgan fingerprint density at radius 2 is 1.82 bits per heavy atom. The first-order valence-electron chi connectivity index (χ1n) is 3.91. The first kappa shape index (κ1) is 12.0.